The van der Waals surface area contributed by atoms with E-state index in [1.165, 1.54) is 1.98 Å². The van der Waals surface area contributed by atoms with Crippen molar-refractivity contribution in [1.29, 1.82) is 0 Å². The molecule has 0 unspecified atom stereocenters. The van der Waals surface area contributed by atoms with Crippen LogP contribution in [0.25, 0.3) is 0 Å². The molecule has 0 atom stereocenters. The second-order valence-electron chi connectivity index (χ2n) is 0.192. The molecule has 42 valence electrons. The van der Waals surface area contributed by atoms with Crippen molar-refractivity contribution < 1.29 is 17.0 Å². The van der Waals surface area contributed by atoms with Gasteiger partial charge in [-0.15, -0.1) is 1.98 Å². The second kappa shape index (κ2) is 15.9. The van der Waals surface area contributed by atoms with Gasteiger partial charge >= 0.3 is 23.1 Å². The molecule has 0 heterocycles. The Hall–Kier alpha value is 2.65. The van der Waals surface area contributed by atoms with Crippen molar-refractivity contribution in [3.63, 3.8) is 0 Å². The fourth-order valence-electron chi connectivity index (χ4n) is 0. The summed E-state index contributed by atoms with van der Waals surface area (Å²) in [7, 11) is 0. The van der Waals surface area contributed by atoms with Gasteiger partial charge in [0.05, 0.1) is 0 Å². The van der Waals surface area contributed by atoms with E-state index in [0.29, 0.717) is 0 Å². The fraction of sp³-hybridized carbons (Fsp3) is 0. The molecule has 0 aromatic heterocycles. The number of hydrogen-bond donors (Lipinski definition) is 0. The predicted octanol–water partition coefficient (Wildman–Crippen LogP) is -0.708. The Morgan fingerprint density at radius 1 is 1.00 bits per heavy atom. The van der Waals surface area contributed by atoms with Gasteiger partial charge in [-0.05, 0) is 0 Å². The number of hydrogen-bond acceptors (Lipinski definition) is 1. The first kappa shape index (κ1) is 22.6. The van der Waals surface area contributed by atoms with Gasteiger partial charge in [0.15, 0.2) is 0 Å². The first-order valence-electron chi connectivity index (χ1n) is 0.507. The summed E-state index contributed by atoms with van der Waals surface area (Å²) in [5.41, 5.74) is 0. The maximum absolute atomic E-state index is 2.94. The van der Waals surface area contributed by atoms with Crippen LogP contribution in [0.3, 0.4) is 0 Å². The number of rotatable bonds is 0. The number of halogens is 4. The maximum Gasteiger partial charge on any atom is 2.00 e. The van der Waals surface area contributed by atoms with E-state index in [9.17, 15) is 0 Å². The third kappa shape index (κ3) is 54.5. The van der Waals surface area contributed by atoms with E-state index in [2.05, 4.69) is 48.4 Å². The Bertz CT molecular complexity index is 16.4. The van der Waals surface area contributed by atoms with Crippen LogP contribution in [0.2, 0.25) is 0 Å². The van der Waals surface area contributed by atoms with Gasteiger partial charge in [-0.3, -0.25) is 0 Å². The minimum absolute atomic E-state index is 0. The first-order valence-corrected chi connectivity index (χ1v) is 2.63. The maximum atomic E-state index is 2.94. The van der Waals surface area contributed by atoms with Crippen molar-refractivity contribution in [2.24, 2.45) is 0 Å². The first-order chi connectivity index (χ1) is 1.73. The van der Waals surface area contributed by atoms with Gasteiger partial charge in [-0.2, -0.15) is 0 Å². The molecule has 7 heavy (non-hydrogen) atoms. The molecule has 0 aliphatic rings. The van der Waals surface area contributed by atoms with E-state index < -0.39 is 0 Å². The Balaban J connectivity index is -0.0000000150. The molecule has 0 aromatic carbocycles. The molecule has 0 saturated carbocycles. The standard InChI is InChI=1S/CH3.Br3N.BrH.Mg/c;1-4(2)3;;/h1H3;;1H;/q-1;;;+2/p-1. The second-order valence-corrected chi connectivity index (χ2v) is 5.17. The van der Waals surface area contributed by atoms with Crippen molar-refractivity contribution in [2.75, 3.05) is 0 Å². The molecule has 0 amide bonds. The molecule has 0 aromatic rings. The molecule has 0 rings (SSSR count). The molecular formula is CH3Br4MgN. The zero-order chi connectivity index (χ0) is 3.58. The van der Waals surface area contributed by atoms with Gasteiger partial charge in [0.1, 0.15) is 0 Å². The van der Waals surface area contributed by atoms with E-state index in [0.717, 1.165) is 0 Å². The van der Waals surface area contributed by atoms with E-state index in [4.69, 9.17) is 0 Å². The molecule has 6 heteroatoms. The summed E-state index contributed by atoms with van der Waals surface area (Å²) < 4.78 is 1.44. The monoisotopic (exact) mass is 369 g/mol. The Labute approximate surface area is 96.5 Å². The van der Waals surface area contributed by atoms with Gasteiger partial charge < -0.3 is 24.4 Å². The average Bonchev–Trinajstić information content (AvgIpc) is 0.811. The molecule has 0 aliphatic heterocycles. The van der Waals surface area contributed by atoms with Crippen LogP contribution in [0, 0.1) is 7.43 Å². The third-order valence-corrected chi connectivity index (χ3v) is 0. The Morgan fingerprint density at radius 2 is 1.00 bits per heavy atom. The molecule has 0 N–H and O–H groups in total. The molecule has 0 bridgehead atoms. The van der Waals surface area contributed by atoms with Crippen molar-refractivity contribution in [3.8, 4) is 0 Å². The van der Waals surface area contributed by atoms with Gasteiger partial charge in [0.25, 0.3) is 0 Å². The molecule has 0 radical (unpaired) electrons. The summed E-state index contributed by atoms with van der Waals surface area (Å²) in [5, 5.41) is 0. The van der Waals surface area contributed by atoms with Gasteiger partial charge in [-0.25, -0.2) is 0 Å². The minimum Gasteiger partial charge on any atom is -1.00 e. The summed E-state index contributed by atoms with van der Waals surface area (Å²) in [4.78, 5) is 0. The van der Waals surface area contributed by atoms with Gasteiger partial charge in [0.2, 0.25) is 0 Å². The molecular weight excluding hydrogens is 370 g/mol. The van der Waals surface area contributed by atoms with Crippen molar-refractivity contribution in [1.82, 2.24) is 1.98 Å². The van der Waals surface area contributed by atoms with Crippen LogP contribution < -0.4 is 17.0 Å². The van der Waals surface area contributed by atoms with Crippen LogP contribution in [0.1, 0.15) is 0 Å². The molecule has 0 spiro atoms. The van der Waals surface area contributed by atoms with E-state index in [1.54, 1.807) is 0 Å². The van der Waals surface area contributed by atoms with Crippen molar-refractivity contribution in [3.05, 3.63) is 7.43 Å². The van der Waals surface area contributed by atoms with E-state index in [1.807, 2.05) is 0 Å². The van der Waals surface area contributed by atoms with Crippen molar-refractivity contribution >= 4 is 71.5 Å². The predicted molar refractivity (Wildman–Crippen MR) is 40.8 cm³/mol. The van der Waals surface area contributed by atoms with Crippen molar-refractivity contribution in [2.45, 2.75) is 0 Å². The summed E-state index contributed by atoms with van der Waals surface area (Å²) in [5.74, 6) is 0. The van der Waals surface area contributed by atoms with E-state index >= 15 is 0 Å². The zero-order valence-corrected chi connectivity index (χ0v) is 11.4. The fourth-order valence-corrected chi connectivity index (χ4v) is 0. The summed E-state index contributed by atoms with van der Waals surface area (Å²) in [6, 6.07) is 0. The normalized spacial score (nSPS) is 5.14. The molecule has 0 aliphatic carbocycles. The largest absolute Gasteiger partial charge is 2.00 e. The zero-order valence-electron chi connectivity index (χ0n) is 3.67. The smallest absolute Gasteiger partial charge is 1.00 e. The van der Waals surface area contributed by atoms with Crippen LogP contribution in [0.4, 0.5) is 0 Å². The Kier molecular flexibility index (Phi) is 51.2. The van der Waals surface area contributed by atoms with Crippen LogP contribution in [-0.2, 0) is 0 Å². The molecule has 0 saturated heterocycles. The van der Waals surface area contributed by atoms with Crippen LogP contribution in [0.5, 0.6) is 0 Å². The summed E-state index contributed by atoms with van der Waals surface area (Å²) in [6.07, 6.45) is 0. The SMILES string of the molecule is BrN(Br)Br.[Br-].[CH3-].[Mg+2]. The van der Waals surface area contributed by atoms with Gasteiger partial charge in [-0.1, -0.05) is 0 Å². The van der Waals surface area contributed by atoms with Crippen LogP contribution in [-0.4, -0.2) is 25.0 Å². The quantitative estimate of drug-likeness (QED) is 0.308. The Morgan fingerprint density at radius 3 is 1.00 bits per heavy atom. The van der Waals surface area contributed by atoms with E-state index in [-0.39, 0.29) is 47.5 Å². The number of nitrogens with zero attached hydrogens (tertiary/aromatic N) is 1. The van der Waals surface area contributed by atoms with Crippen LogP contribution >= 0.6 is 48.4 Å². The molecule has 1 nitrogen and oxygen atoms in total. The minimum atomic E-state index is 0. The van der Waals surface area contributed by atoms with Gasteiger partial charge in [0, 0.05) is 48.4 Å². The van der Waals surface area contributed by atoms with Crippen LogP contribution in [0.15, 0.2) is 0 Å². The summed E-state index contributed by atoms with van der Waals surface area (Å²) in [6.45, 7) is 0. The topological polar surface area (TPSA) is 3.24 Å². The average molecular weight is 373 g/mol. The third-order valence-electron chi connectivity index (χ3n) is 0. The molecule has 0 fully saturated rings. The summed E-state index contributed by atoms with van der Waals surface area (Å²) >= 11 is 8.81.